The van der Waals surface area contributed by atoms with Crippen LogP contribution in [0.5, 0.6) is 0 Å². The number of hydrogen-bond donors (Lipinski definition) is 2. The molecule has 2 N–H and O–H groups in total. The average molecular weight is 469 g/mol. The Morgan fingerprint density at radius 1 is 0.875 bits per heavy atom. The molecule has 0 radical (unpaired) electrons. The summed E-state index contributed by atoms with van der Waals surface area (Å²) < 4.78 is 38.9. The highest BCUT2D eigenvalue weighted by Gasteiger charge is 2.33. The van der Waals surface area contributed by atoms with Crippen LogP contribution in [0.25, 0.3) is 0 Å². The number of nitrogens with one attached hydrogen (secondary N) is 2. The normalized spacial score (nSPS) is 15.4. The number of rotatable bonds is 7. The van der Waals surface area contributed by atoms with Gasteiger partial charge < -0.3 is 15.5 Å². The minimum atomic E-state index is -4.59. The van der Waals surface area contributed by atoms with Gasteiger partial charge in [0.15, 0.2) is 0 Å². The second-order valence-corrected chi connectivity index (χ2v) is 7.93. The first-order valence-corrected chi connectivity index (χ1v) is 10.5. The maximum atomic E-state index is 13.0. The van der Waals surface area contributed by atoms with Crippen molar-refractivity contribution in [2.45, 2.75) is 12.6 Å². The molecule has 1 aliphatic heterocycles. The molecule has 2 aromatic carbocycles. The van der Waals surface area contributed by atoms with Gasteiger partial charge in [0.25, 0.3) is 0 Å². The summed E-state index contributed by atoms with van der Waals surface area (Å²) in [5.41, 5.74) is -0.173. The minimum absolute atomic E-state index is 0.0507. The number of halogens is 4. The monoisotopic (exact) mass is 468 g/mol. The molecule has 1 saturated heterocycles. The van der Waals surface area contributed by atoms with Gasteiger partial charge in [-0.15, -0.1) is 0 Å². The highest BCUT2D eigenvalue weighted by molar-refractivity contribution is 6.31. The van der Waals surface area contributed by atoms with Crippen LogP contribution in [-0.2, 0) is 15.8 Å². The molecule has 10 heteroatoms. The molecule has 1 fully saturated rings. The zero-order valence-electron chi connectivity index (χ0n) is 17.3. The van der Waals surface area contributed by atoms with E-state index in [4.69, 9.17) is 11.6 Å². The Balaban J connectivity index is 1.39. The van der Waals surface area contributed by atoms with Crippen LogP contribution in [0.1, 0.15) is 12.0 Å². The van der Waals surface area contributed by atoms with Crippen molar-refractivity contribution in [1.82, 2.24) is 9.80 Å². The predicted octanol–water partition coefficient (Wildman–Crippen LogP) is 3.94. The minimum Gasteiger partial charge on any atom is -0.326 e. The first-order valence-electron chi connectivity index (χ1n) is 10.2. The number of carbonyl (C=O) groups is 2. The van der Waals surface area contributed by atoms with Gasteiger partial charge in [0, 0.05) is 50.5 Å². The van der Waals surface area contributed by atoms with E-state index in [0.717, 1.165) is 17.8 Å². The second-order valence-electron chi connectivity index (χ2n) is 7.52. The smallest absolute Gasteiger partial charge is 0.326 e. The molecule has 32 heavy (non-hydrogen) atoms. The SMILES string of the molecule is O=C(CCN1CCN(CC(=O)Nc2ccc(Cl)c(C(F)(F)F)c2)CC1)Nc1ccccc1. The van der Waals surface area contributed by atoms with Crippen LogP contribution in [0.15, 0.2) is 48.5 Å². The van der Waals surface area contributed by atoms with E-state index in [2.05, 4.69) is 15.5 Å². The van der Waals surface area contributed by atoms with E-state index in [-0.39, 0.29) is 18.1 Å². The lowest BCUT2D eigenvalue weighted by molar-refractivity contribution is -0.137. The van der Waals surface area contributed by atoms with Crippen molar-refractivity contribution in [1.29, 1.82) is 0 Å². The standard InChI is InChI=1S/C22H24ClF3N4O2/c23-19-7-6-17(14-18(19)22(24,25)26)28-21(32)15-30-12-10-29(11-13-30)9-8-20(31)27-16-4-2-1-3-5-16/h1-7,14H,8-13,15H2,(H,27,31)(H,28,32). The predicted molar refractivity (Wildman–Crippen MR) is 118 cm³/mol. The van der Waals surface area contributed by atoms with E-state index in [9.17, 15) is 22.8 Å². The van der Waals surface area contributed by atoms with Crippen molar-refractivity contribution in [3.63, 3.8) is 0 Å². The highest BCUT2D eigenvalue weighted by Crippen LogP contribution is 2.36. The Bertz CT molecular complexity index is 933. The maximum Gasteiger partial charge on any atom is 0.417 e. The van der Waals surface area contributed by atoms with Crippen molar-refractivity contribution < 1.29 is 22.8 Å². The number of amides is 2. The Labute approximate surface area is 189 Å². The van der Waals surface area contributed by atoms with E-state index in [1.807, 2.05) is 35.2 Å². The van der Waals surface area contributed by atoms with Crippen LogP contribution in [0, 0.1) is 0 Å². The molecule has 3 rings (SSSR count). The van der Waals surface area contributed by atoms with Crippen LogP contribution < -0.4 is 10.6 Å². The van der Waals surface area contributed by atoms with Gasteiger partial charge in [0.1, 0.15) is 0 Å². The molecule has 1 heterocycles. The van der Waals surface area contributed by atoms with Gasteiger partial charge in [0.05, 0.1) is 17.1 Å². The Hall–Kier alpha value is -2.62. The maximum absolute atomic E-state index is 13.0. The van der Waals surface area contributed by atoms with Gasteiger partial charge in [0.2, 0.25) is 11.8 Å². The van der Waals surface area contributed by atoms with E-state index in [1.165, 1.54) is 6.07 Å². The summed E-state index contributed by atoms with van der Waals surface area (Å²) in [5.74, 6) is -0.449. The van der Waals surface area contributed by atoms with Crippen LogP contribution in [0.3, 0.4) is 0 Å². The molecule has 0 spiro atoms. The first kappa shape index (κ1) is 24.0. The molecular formula is C22H24ClF3N4O2. The third-order valence-electron chi connectivity index (χ3n) is 5.10. The van der Waals surface area contributed by atoms with Gasteiger partial charge in [-0.25, -0.2) is 0 Å². The molecule has 1 aliphatic rings. The summed E-state index contributed by atoms with van der Waals surface area (Å²) >= 11 is 5.60. The molecule has 172 valence electrons. The number of piperazine rings is 1. The topological polar surface area (TPSA) is 64.7 Å². The largest absolute Gasteiger partial charge is 0.417 e. The van der Waals surface area contributed by atoms with Crippen LogP contribution >= 0.6 is 11.6 Å². The van der Waals surface area contributed by atoms with Crippen molar-refractivity contribution >= 4 is 34.8 Å². The number of benzene rings is 2. The molecule has 2 amide bonds. The van der Waals surface area contributed by atoms with Gasteiger partial charge in [-0.2, -0.15) is 13.2 Å². The third-order valence-corrected chi connectivity index (χ3v) is 5.43. The van der Waals surface area contributed by atoms with E-state index in [0.29, 0.717) is 39.1 Å². The Morgan fingerprint density at radius 2 is 1.50 bits per heavy atom. The van der Waals surface area contributed by atoms with Gasteiger partial charge in [-0.1, -0.05) is 29.8 Å². The first-order chi connectivity index (χ1) is 15.2. The fourth-order valence-corrected chi connectivity index (χ4v) is 3.62. The van der Waals surface area contributed by atoms with Crippen molar-refractivity contribution in [3.8, 4) is 0 Å². The summed E-state index contributed by atoms with van der Waals surface area (Å²) in [4.78, 5) is 28.4. The van der Waals surface area contributed by atoms with E-state index >= 15 is 0 Å². The second kappa shape index (κ2) is 10.8. The molecule has 0 aliphatic carbocycles. The quantitative estimate of drug-likeness (QED) is 0.646. The number of para-hydroxylation sites is 1. The molecule has 0 atom stereocenters. The van der Waals surface area contributed by atoms with Crippen molar-refractivity contribution in [3.05, 3.63) is 59.1 Å². The third kappa shape index (κ3) is 7.22. The lowest BCUT2D eigenvalue weighted by Gasteiger charge is -2.34. The Morgan fingerprint density at radius 3 is 2.16 bits per heavy atom. The van der Waals surface area contributed by atoms with E-state index in [1.54, 1.807) is 0 Å². The lowest BCUT2D eigenvalue weighted by atomic mass is 10.2. The number of carbonyl (C=O) groups excluding carboxylic acids is 2. The van der Waals surface area contributed by atoms with Gasteiger partial charge in [-0.05, 0) is 30.3 Å². The summed E-state index contributed by atoms with van der Waals surface area (Å²) in [6.45, 7) is 3.34. The zero-order valence-corrected chi connectivity index (χ0v) is 18.0. The molecular weight excluding hydrogens is 445 g/mol. The van der Waals surface area contributed by atoms with Gasteiger partial charge in [-0.3, -0.25) is 14.5 Å². The van der Waals surface area contributed by atoms with Gasteiger partial charge >= 0.3 is 6.18 Å². The molecule has 6 nitrogen and oxygen atoms in total. The van der Waals surface area contributed by atoms with Crippen LogP contribution in [-0.4, -0.2) is 60.9 Å². The molecule has 0 unspecified atom stereocenters. The average Bonchev–Trinajstić information content (AvgIpc) is 2.74. The lowest BCUT2D eigenvalue weighted by Crippen LogP contribution is -2.49. The van der Waals surface area contributed by atoms with Crippen molar-refractivity contribution in [2.75, 3.05) is 49.9 Å². The highest BCUT2D eigenvalue weighted by atomic mass is 35.5. The van der Waals surface area contributed by atoms with E-state index < -0.39 is 22.7 Å². The summed E-state index contributed by atoms with van der Waals surface area (Å²) in [6.07, 6.45) is -4.22. The fraction of sp³-hybridized carbons (Fsp3) is 0.364. The Kier molecular flexibility index (Phi) is 8.11. The van der Waals surface area contributed by atoms with Crippen LogP contribution in [0.4, 0.5) is 24.5 Å². The molecule has 0 saturated carbocycles. The fourth-order valence-electron chi connectivity index (χ4n) is 3.40. The van der Waals surface area contributed by atoms with Crippen LogP contribution in [0.2, 0.25) is 5.02 Å². The summed E-state index contributed by atoms with van der Waals surface area (Å²) in [5, 5.41) is 4.93. The molecule has 0 bridgehead atoms. The molecule has 0 aromatic heterocycles. The number of anilines is 2. The summed E-state index contributed by atoms with van der Waals surface area (Å²) in [7, 11) is 0. The molecule has 2 aromatic rings. The van der Waals surface area contributed by atoms with Crippen molar-refractivity contribution in [2.24, 2.45) is 0 Å². The zero-order chi connectivity index (χ0) is 23.1. The summed E-state index contributed by atoms with van der Waals surface area (Å²) in [6, 6.07) is 12.5. The number of hydrogen-bond acceptors (Lipinski definition) is 4. The number of alkyl halides is 3. The number of nitrogens with zero attached hydrogens (tertiary/aromatic N) is 2.